The molecular formula is C16H25ClN2. The van der Waals surface area contributed by atoms with Gasteiger partial charge in [0.15, 0.2) is 0 Å². The molecule has 1 fully saturated rings. The fraction of sp³-hybridized carbons (Fsp3) is 0.625. The van der Waals surface area contributed by atoms with Crippen LogP contribution in [0.25, 0.3) is 0 Å². The van der Waals surface area contributed by atoms with E-state index in [1.54, 1.807) is 0 Å². The van der Waals surface area contributed by atoms with Gasteiger partial charge in [-0.2, -0.15) is 0 Å². The van der Waals surface area contributed by atoms with Gasteiger partial charge < -0.3 is 10.2 Å². The van der Waals surface area contributed by atoms with Crippen LogP contribution in [0.1, 0.15) is 37.8 Å². The highest BCUT2D eigenvalue weighted by Gasteiger charge is 2.23. The number of benzene rings is 1. The summed E-state index contributed by atoms with van der Waals surface area (Å²) in [5, 5.41) is 4.38. The zero-order valence-corrected chi connectivity index (χ0v) is 12.8. The Morgan fingerprint density at radius 1 is 1.32 bits per heavy atom. The summed E-state index contributed by atoms with van der Waals surface area (Å²) >= 11 is 5.96. The molecule has 1 atom stereocenters. The fourth-order valence-corrected chi connectivity index (χ4v) is 2.64. The van der Waals surface area contributed by atoms with E-state index in [0.29, 0.717) is 6.04 Å². The molecule has 1 aliphatic carbocycles. The van der Waals surface area contributed by atoms with Crippen LogP contribution in [0, 0.1) is 5.92 Å². The minimum atomic E-state index is 0.434. The predicted molar refractivity (Wildman–Crippen MR) is 82.7 cm³/mol. The molecule has 19 heavy (non-hydrogen) atoms. The smallest absolute Gasteiger partial charge is 0.0406 e. The van der Waals surface area contributed by atoms with Gasteiger partial charge in [0.1, 0.15) is 0 Å². The molecule has 0 amide bonds. The van der Waals surface area contributed by atoms with Crippen molar-refractivity contribution in [1.82, 2.24) is 10.2 Å². The molecule has 2 nitrogen and oxygen atoms in total. The molecule has 2 rings (SSSR count). The lowest BCUT2D eigenvalue weighted by molar-refractivity contribution is 0.297. The zero-order valence-electron chi connectivity index (χ0n) is 12.0. The van der Waals surface area contributed by atoms with Gasteiger partial charge in [-0.3, -0.25) is 0 Å². The maximum Gasteiger partial charge on any atom is 0.0406 e. The standard InChI is InChI=1S/C16H25ClN2/c1-3-18-16(14-6-8-15(17)9-7-14)10-11-19(2)12-13-4-5-13/h6-9,13,16,18H,3-5,10-12H2,1-2H3. The van der Waals surface area contributed by atoms with Crippen LogP contribution < -0.4 is 5.32 Å². The van der Waals surface area contributed by atoms with Crippen LogP contribution in [-0.4, -0.2) is 31.6 Å². The number of rotatable bonds is 8. The summed E-state index contributed by atoms with van der Waals surface area (Å²) < 4.78 is 0. The van der Waals surface area contributed by atoms with Crippen molar-refractivity contribution in [3.8, 4) is 0 Å². The normalized spacial score (nSPS) is 16.8. The molecule has 0 heterocycles. The second-order valence-electron chi connectivity index (χ2n) is 5.66. The van der Waals surface area contributed by atoms with Gasteiger partial charge in [0.25, 0.3) is 0 Å². The van der Waals surface area contributed by atoms with Crippen molar-refractivity contribution in [3.05, 3.63) is 34.9 Å². The van der Waals surface area contributed by atoms with E-state index >= 15 is 0 Å². The Kier molecular flexibility index (Phi) is 5.68. The van der Waals surface area contributed by atoms with Crippen LogP contribution in [0.3, 0.4) is 0 Å². The average molecular weight is 281 g/mol. The van der Waals surface area contributed by atoms with Crippen LogP contribution in [0.15, 0.2) is 24.3 Å². The summed E-state index contributed by atoms with van der Waals surface area (Å²) in [6.07, 6.45) is 4.01. The molecule has 1 aromatic carbocycles. The number of halogens is 1. The third-order valence-corrected chi connectivity index (χ3v) is 4.04. The van der Waals surface area contributed by atoms with Gasteiger partial charge in [-0.05, 0) is 63.0 Å². The van der Waals surface area contributed by atoms with Crippen LogP contribution >= 0.6 is 11.6 Å². The Morgan fingerprint density at radius 2 is 2.00 bits per heavy atom. The van der Waals surface area contributed by atoms with Crippen molar-refractivity contribution in [2.24, 2.45) is 5.92 Å². The maximum absolute atomic E-state index is 5.96. The molecule has 0 radical (unpaired) electrons. The molecular weight excluding hydrogens is 256 g/mol. The third kappa shape index (κ3) is 5.13. The molecule has 1 saturated carbocycles. The highest BCUT2D eigenvalue weighted by atomic mass is 35.5. The largest absolute Gasteiger partial charge is 0.310 e. The second kappa shape index (κ2) is 7.28. The van der Waals surface area contributed by atoms with Crippen molar-refractivity contribution >= 4 is 11.6 Å². The van der Waals surface area contributed by atoms with Crippen molar-refractivity contribution < 1.29 is 0 Å². The summed E-state index contributed by atoms with van der Waals surface area (Å²) in [6, 6.07) is 8.67. The van der Waals surface area contributed by atoms with E-state index in [1.807, 2.05) is 12.1 Å². The highest BCUT2D eigenvalue weighted by molar-refractivity contribution is 6.30. The molecule has 1 aromatic rings. The summed E-state index contributed by atoms with van der Waals surface area (Å²) in [5.74, 6) is 0.970. The monoisotopic (exact) mass is 280 g/mol. The minimum absolute atomic E-state index is 0.434. The molecule has 1 aliphatic rings. The summed E-state index contributed by atoms with van der Waals surface area (Å²) in [4.78, 5) is 2.47. The topological polar surface area (TPSA) is 15.3 Å². The first kappa shape index (κ1) is 14.8. The fourth-order valence-electron chi connectivity index (χ4n) is 2.51. The zero-order chi connectivity index (χ0) is 13.7. The van der Waals surface area contributed by atoms with Crippen LogP contribution in [0.2, 0.25) is 5.02 Å². The van der Waals surface area contributed by atoms with Crippen LogP contribution in [0.4, 0.5) is 0 Å². The molecule has 0 saturated heterocycles. The van der Waals surface area contributed by atoms with Gasteiger partial charge in [-0.15, -0.1) is 0 Å². The molecule has 106 valence electrons. The van der Waals surface area contributed by atoms with Crippen LogP contribution in [0.5, 0.6) is 0 Å². The van der Waals surface area contributed by atoms with Gasteiger partial charge in [-0.1, -0.05) is 30.7 Å². The van der Waals surface area contributed by atoms with Crippen molar-refractivity contribution in [1.29, 1.82) is 0 Å². The van der Waals surface area contributed by atoms with Gasteiger partial charge in [-0.25, -0.2) is 0 Å². The number of hydrogen-bond donors (Lipinski definition) is 1. The first-order valence-electron chi connectivity index (χ1n) is 7.36. The third-order valence-electron chi connectivity index (χ3n) is 3.79. The molecule has 1 unspecified atom stereocenters. The molecule has 0 spiro atoms. The lowest BCUT2D eigenvalue weighted by Crippen LogP contribution is -2.28. The molecule has 0 bridgehead atoms. The van der Waals surface area contributed by atoms with Gasteiger partial charge in [0, 0.05) is 17.6 Å². The molecule has 0 aromatic heterocycles. The number of nitrogens with one attached hydrogen (secondary N) is 1. The van der Waals surface area contributed by atoms with Crippen LogP contribution in [-0.2, 0) is 0 Å². The van der Waals surface area contributed by atoms with E-state index < -0.39 is 0 Å². The highest BCUT2D eigenvalue weighted by Crippen LogP contribution is 2.29. The van der Waals surface area contributed by atoms with Crippen molar-refractivity contribution in [3.63, 3.8) is 0 Å². The minimum Gasteiger partial charge on any atom is -0.310 e. The SMILES string of the molecule is CCNC(CCN(C)CC1CC1)c1ccc(Cl)cc1. The Labute approximate surface area is 122 Å². The maximum atomic E-state index is 5.96. The Bertz CT molecular complexity index is 373. The molecule has 1 N–H and O–H groups in total. The lowest BCUT2D eigenvalue weighted by Gasteiger charge is -2.22. The molecule has 0 aliphatic heterocycles. The van der Waals surface area contributed by atoms with Crippen molar-refractivity contribution in [2.45, 2.75) is 32.2 Å². The summed E-state index contributed by atoms with van der Waals surface area (Å²) in [5.41, 5.74) is 1.34. The Balaban J connectivity index is 1.85. The van der Waals surface area contributed by atoms with E-state index in [9.17, 15) is 0 Å². The van der Waals surface area contributed by atoms with Gasteiger partial charge in [0.05, 0.1) is 0 Å². The molecule has 3 heteroatoms. The van der Waals surface area contributed by atoms with Crippen molar-refractivity contribution in [2.75, 3.05) is 26.7 Å². The van der Waals surface area contributed by atoms with E-state index in [-0.39, 0.29) is 0 Å². The summed E-state index contributed by atoms with van der Waals surface area (Å²) in [7, 11) is 2.24. The number of hydrogen-bond acceptors (Lipinski definition) is 2. The van der Waals surface area contributed by atoms with E-state index in [0.717, 1.165) is 30.5 Å². The summed E-state index contributed by atoms with van der Waals surface area (Å²) in [6.45, 7) is 5.58. The van der Waals surface area contributed by atoms with Gasteiger partial charge >= 0.3 is 0 Å². The van der Waals surface area contributed by atoms with E-state index in [1.165, 1.54) is 24.9 Å². The Hall–Kier alpha value is -0.570. The van der Waals surface area contributed by atoms with E-state index in [4.69, 9.17) is 11.6 Å². The number of nitrogens with zero attached hydrogens (tertiary/aromatic N) is 1. The predicted octanol–water partition coefficient (Wildman–Crippen LogP) is 3.72. The quantitative estimate of drug-likeness (QED) is 0.781. The first-order chi connectivity index (χ1) is 9.19. The van der Waals surface area contributed by atoms with E-state index in [2.05, 4.69) is 36.3 Å². The van der Waals surface area contributed by atoms with Gasteiger partial charge in [0.2, 0.25) is 0 Å². The first-order valence-corrected chi connectivity index (χ1v) is 7.74. The lowest BCUT2D eigenvalue weighted by atomic mass is 10.0. The Morgan fingerprint density at radius 3 is 2.58 bits per heavy atom. The average Bonchev–Trinajstić information content (AvgIpc) is 3.19. The second-order valence-corrected chi connectivity index (χ2v) is 6.09.